The van der Waals surface area contributed by atoms with Gasteiger partial charge in [0.25, 0.3) is 0 Å². The van der Waals surface area contributed by atoms with Crippen molar-refractivity contribution < 1.29 is 27.7 Å². The average Bonchev–Trinajstić information content (AvgIpc) is 3.30. The molecule has 1 fully saturated rings. The van der Waals surface area contributed by atoms with E-state index in [-0.39, 0.29) is 24.4 Å². The van der Waals surface area contributed by atoms with Gasteiger partial charge in [-0.1, -0.05) is 12.0 Å². The zero-order chi connectivity index (χ0) is 25.2. The van der Waals surface area contributed by atoms with E-state index in [1.165, 1.54) is 13.3 Å². The molecule has 3 N–H and O–H groups in total. The second kappa shape index (κ2) is 10.4. The standard InChI is InChI=1S/C20H32FN7O5P/c1-7-27(6)15-14-16(25-19(22)24-15)28(10-23-14)17-12(4)8-20(21,33-17)9-31-34(30)26-13(5)18(29)32-11(2)3/h10-13,17H,7-9H2,1-6H3,(H,26,30)(H2,22,24,25)/q+1/t12-,13-,17+,20-/m0/s1. The topological polar surface area (TPSA) is 147 Å². The number of rotatable bonds is 10. The third-order valence-corrected chi connectivity index (χ3v) is 6.34. The van der Waals surface area contributed by atoms with Crippen molar-refractivity contribution in [3.63, 3.8) is 0 Å². The maximum absolute atomic E-state index is 15.5. The van der Waals surface area contributed by atoms with E-state index in [2.05, 4.69) is 20.0 Å². The van der Waals surface area contributed by atoms with Crippen LogP contribution in [0.4, 0.5) is 16.2 Å². The van der Waals surface area contributed by atoms with Crippen molar-refractivity contribution in [3.05, 3.63) is 6.33 Å². The van der Waals surface area contributed by atoms with Gasteiger partial charge in [-0.2, -0.15) is 9.97 Å². The van der Waals surface area contributed by atoms with Gasteiger partial charge in [0.05, 0.1) is 12.4 Å². The van der Waals surface area contributed by atoms with E-state index >= 15 is 4.39 Å². The Morgan fingerprint density at radius 1 is 1.47 bits per heavy atom. The molecule has 188 valence electrons. The minimum atomic E-state index is -2.53. The molecule has 0 bridgehead atoms. The van der Waals surface area contributed by atoms with E-state index in [0.717, 1.165) is 0 Å². The number of anilines is 2. The lowest BCUT2D eigenvalue weighted by Crippen LogP contribution is -2.34. The molecule has 5 atom stereocenters. The molecule has 3 heterocycles. The highest BCUT2D eigenvalue weighted by Gasteiger charge is 2.49. The summed E-state index contributed by atoms with van der Waals surface area (Å²) in [5, 5.41) is 2.47. The number of nitrogens with zero attached hydrogens (tertiary/aromatic N) is 5. The van der Waals surface area contributed by atoms with Gasteiger partial charge in [-0.3, -0.25) is 9.36 Å². The molecule has 2 aromatic heterocycles. The first-order valence-corrected chi connectivity index (χ1v) is 12.3. The van der Waals surface area contributed by atoms with Gasteiger partial charge in [0.1, 0.15) is 12.3 Å². The van der Waals surface area contributed by atoms with Gasteiger partial charge in [-0.25, -0.2) is 9.37 Å². The number of fused-ring (bicyclic) bond motifs is 1. The largest absolute Gasteiger partial charge is 0.614 e. The SMILES string of the molecule is CCN(C)c1nc(N)nc2c1ncn2[C@@H]1O[C@](F)(CO[P+](=O)N[C@@H](C)C(=O)OC(C)C)C[C@@H]1C. The van der Waals surface area contributed by atoms with Crippen molar-refractivity contribution in [1.29, 1.82) is 0 Å². The summed E-state index contributed by atoms with van der Waals surface area (Å²) in [5.41, 5.74) is 6.85. The van der Waals surface area contributed by atoms with Gasteiger partial charge in [-0.05, 0) is 32.3 Å². The minimum Gasteiger partial charge on any atom is -0.462 e. The fourth-order valence-electron chi connectivity index (χ4n) is 3.64. The molecule has 12 nitrogen and oxygen atoms in total. The molecule has 0 aromatic carbocycles. The number of hydrogen-bond acceptors (Lipinski definition) is 10. The smallest absolute Gasteiger partial charge is 0.462 e. The summed E-state index contributed by atoms with van der Waals surface area (Å²) in [6.07, 6.45) is 0.462. The number of nitrogens with two attached hydrogens (primary N) is 1. The molecule has 0 radical (unpaired) electrons. The van der Waals surface area contributed by atoms with Gasteiger partial charge < -0.3 is 20.1 Å². The van der Waals surface area contributed by atoms with Crippen molar-refractivity contribution in [3.8, 4) is 0 Å². The number of aromatic nitrogens is 4. The molecule has 1 unspecified atom stereocenters. The molecule has 0 saturated carbocycles. The number of hydrogen-bond donors (Lipinski definition) is 2. The molecule has 1 saturated heterocycles. The number of carbonyl (C=O) groups is 1. The number of halogens is 1. The maximum Gasteiger partial charge on any atom is 0.614 e. The van der Waals surface area contributed by atoms with Crippen molar-refractivity contribution in [2.75, 3.05) is 30.8 Å². The third kappa shape index (κ3) is 5.77. The highest BCUT2D eigenvalue weighted by atomic mass is 31.1. The second-order valence-electron chi connectivity index (χ2n) is 8.68. The van der Waals surface area contributed by atoms with E-state index < -0.39 is 38.9 Å². The van der Waals surface area contributed by atoms with Crippen LogP contribution in [0.2, 0.25) is 0 Å². The molecular formula is C20H32FN7O5P+. The third-order valence-electron chi connectivity index (χ3n) is 5.38. The Balaban J connectivity index is 1.69. The van der Waals surface area contributed by atoms with Gasteiger partial charge in [-0.15, -0.1) is 4.52 Å². The summed E-state index contributed by atoms with van der Waals surface area (Å²) in [4.78, 5) is 26.7. The zero-order valence-electron chi connectivity index (χ0n) is 20.2. The molecular weight excluding hydrogens is 468 g/mol. The van der Waals surface area contributed by atoms with E-state index in [1.807, 2.05) is 25.8 Å². The van der Waals surface area contributed by atoms with E-state index in [0.29, 0.717) is 23.5 Å². The van der Waals surface area contributed by atoms with Crippen molar-refractivity contribution in [1.82, 2.24) is 24.6 Å². The Hall–Kier alpha value is -2.47. The number of nitrogens with one attached hydrogen (secondary N) is 1. The summed E-state index contributed by atoms with van der Waals surface area (Å²) in [5.74, 6) is -2.42. The molecule has 3 rings (SSSR count). The first-order valence-electron chi connectivity index (χ1n) is 11.1. The van der Waals surface area contributed by atoms with Crippen LogP contribution in [0.5, 0.6) is 0 Å². The van der Waals surface area contributed by atoms with E-state index in [4.69, 9.17) is 19.7 Å². The predicted octanol–water partition coefficient (Wildman–Crippen LogP) is 2.69. The van der Waals surface area contributed by atoms with Crippen LogP contribution in [-0.2, 0) is 23.4 Å². The Morgan fingerprint density at radius 3 is 2.82 bits per heavy atom. The molecule has 0 aliphatic carbocycles. The van der Waals surface area contributed by atoms with Crippen LogP contribution in [0, 0.1) is 5.92 Å². The lowest BCUT2D eigenvalue weighted by Gasteiger charge is -2.20. The van der Waals surface area contributed by atoms with Gasteiger partial charge in [0.2, 0.25) is 11.8 Å². The predicted molar refractivity (Wildman–Crippen MR) is 124 cm³/mol. The summed E-state index contributed by atoms with van der Waals surface area (Å²) < 4.78 is 45.2. The maximum atomic E-state index is 15.5. The minimum absolute atomic E-state index is 0.00621. The first-order chi connectivity index (χ1) is 15.9. The molecule has 34 heavy (non-hydrogen) atoms. The van der Waals surface area contributed by atoms with Crippen LogP contribution in [0.15, 0.2) is 6.33 Å². The lowest BCUT2D eigenvalue weighted by atomic mass is 10.1. The van der Waals surface area contributed by atoms with E-state index in [1.54, 1.807) is 18.4 Å². The van der Waals surface area contributed by atoms with Gasteiger partial charge >= 0.3 is 14.1 Å². The summed E-state index contributed by atoms with van der Waals surface area (Å²) in [7, 11) is -0.669. The highest BCUT2D eigenvalue weighted by molar-refractivity contribution is 7.36. The van der Waals surface area contributed by atoms with Crippen molar-refractivity contribution in [2.24, 2.45) is 5.92 Å². The summed E-state index contributed by atoms with van der Waals surface area (Å²) in [6.45, 7) is 8.78. The van der Waals surface area contributed by atoms with Crippen LogP contribution < -0.4 is 15.7 Å². The molecule has 0 amide bonds. The molecule has 2 aromatic rings. The number of ether oxygens (including phenoxy) is 2. The zero-order valence-corrected chi connectivity index (χ0v) is 21.1. The Kier molecular flexibility index (Phi) is 8.02. The number of esters is 1. The Labute approximate surface area is 198 Å². The molecule has 1 aliphatic heterocycles. The number of nitrogen functional groups attached to an aromatic ring is 1. The molecule has 0 spiro atoms. The Bertz CT molecular complexity index is 1050. The fourth-order valence-corrected chi connectivity index (χ4v) is 4.45. The normalized spacial score (nSPS) is 23.9. The van der Waals surface area contributed by atoms with Crippen LogP contribution in [0.25, 0.3) is 11.2 Å². The highest BCUT2D eigenvalue weighted by Crippen LogP contribution is 2.44. The summed E-state index contributed by atoms with van der Waals surface area (Å²) >= 11 is 0. The lowest BCUT2D eigenvalue weighted by molar-refractivity contribution is -0.172. The Morgan fingerprint density at radius 2 is 2.18 bits per heavy atom. The van der Waals surface area contributed by atoms with Gasteiger partial charge in [0.15, 0.2) is 23.6 Å². The van der Waals surface area contributed by atoms with Crippen molar-refractivity contribution >= 4 is 37.1 Å². The van der Waals surface area contributed by atoms with E-state index in [9.17, 15) is 9.36 Å². The number of carbonyl (C=O) groups excluding carboxylic acids is 1. The molecule has 14 heteroatoms. The van der Waals surface area contributed by atoms with Crippen LogP contribution >= 0.6 is 8.18 Å². The first kappa shape index (κ1) is 26.1. The van der Waals surface area contributed by atoms with Crippen molar-refractivity contribution in [2.45, 2.75) is 65.3 Å². The van der Waals surface area contributed by atoms with Crippen LogP contribution in [-0.4, -0.2) is 63.7 Å². The summed E-state index contributed by atoms with van der Waals surface area (Å²) in [6, 6.07) is -0.879. The van der Waals surface area contributed by atoms with Crippen LogP contribution in [0.1, 0.15) is 47.3 Å². The number of alkyl halides is 1. The quantitative estimate of drug-likeness (QED) is 0.366. The number of imidazole rings is 1. The van der Waals surface area contributed by atoms with Gasteiger partial charge in [0, 0.05) is 25.9 Å². The average molecular weight is 500 g/mol. The van der Waals surface area contributed by atoms with Crippen LogP contribution in [0.3, 0.4) is 0 Å². The fraction of sp³-hybridized carbons (Fsp3) is 0.700. The monoisotopic (exact) mass is 500 g/mol. The second-order valence-corrected chi connectivity index (χ2v) is 9.71. The molecule has 1 aliphatic rings.